The molecule has 0 radical (unpaired) electrons. The zero-order valence-electron chi connectivity index (χ0n) is 13.7. The van der Waals surface area contributed by atoms with Crippen LogP contribution in [0.25, 0.3) is 0 Å². The van der Waals surface area contributed by atoms with Gasteiger partial charge in [0.15, 0.2) is 0 Å². The van der Waals surface area contributed by atoms with Gasteiger partial charge in [0.05, 0.1) is 11.6 Å². The number of nitrogens with zero attached hydrogens (tertiary/aromatic N) is 4. The molecule has 0 spiro atoms. The number of carbonyl (C=O) groups excluding carboxylic acids is 1. The van der Waals surface area contributed by atoms with E-state index in [9.17, 15) is 9.18 Å². The van der Waals surface area contributed by atoms with E-state index in [2.05, 4.69) is 10.1 Å². The Bertz CT molecular complexity index is 909. The van der Waals surface area contributed by atoms with Crippen LogP contribution in [0.5, 0.6) is 0 Å². The number of halogens is 1. The summed E-state index contributed by atoms with van der Waals surface area (Å²) in [5.41, 5.74) is 1.15. The summed E-state index contributed by atoms with van der Waals surface area (Å²) in [6, 6.07) is 15.9. The second-order valence-corrected chi connectivity index (χ2v) is 6.17. The molecular formula is C19H17FN4O. The third-order valence-corrected chi connectivity index (χ3v) is 4.58. The Balaban J connectivity index is 1.76. The van der Waals surface area contributed by atoms with E-state index in [1.807, 2.05) is 37.3 Å². The Hall–Kier alpha value is -3.02. The standard InChI is InChI=1S/C19H17FN4O/c1-13-11-17(14-7-3-2-4-8-14)24-19(21-12-22-24)23(13)18(25)15-9-5-6-10-16(15)20/h2-10,12-13,17H,11H2,1H3. The Kier molecular flexibility index (Phi) is 3.80. The highest BCUT2D eigenvalue weighted by atomic mass is 19.1. The lowest BCUT2D eigenvalue weighted by atomic mass is 9.97. The fourth-order valence-corrected chi connectivity index (χ4v) is 3.37. The molecule has 4 rings (SSSR count). The van der Waals surface area contributed by atoms with Gasteiger partial charge in [0.25, 0.3) is 5.91 Å². The Morgan fingerprint density at radius 2 is 1.84 bits per heavy atom. The van der Waals surface area contributed by atoms with E-state index in [4.69, 9.17) is 0 Å². The van der Waals surface area contributed by atoms with Crippen molar-refractivity contribution in [2.24, 2.45) is 0 Å². The lowest BCUT2D eigenvalue weighted by Gasteiger charge is -2.37. The summed E-state index contributed by atoms with van der Waals surface area (Å²) in [6.45, 7) is 1.95. The molecule has 25 heavy (non-hydrogen) atoms. The predicted molar refractivity (Wildman–Crippen MR) is 91.9 cm³/mol. The van der Waals surface area contributed by atoms with Crippen LogP contribution < -0.4 is 4.90 Å². The van der Waals surface area contributed by atoms with E-state index in [0.717, 1.165) is 5.56 Å². The van der Waals surface area contributed by atoms with Crippen molar-refractivity contribution in [3.8, 4) is 0 Å². The number of hydrogen-bond donors (Lipinski definition) is 0. The van der Waals surface area contributed by atoms with E-state index in [1.165, 1.54) is 23.4 Å². The van der Waals surface area contributed by atoms with Crippen molar-refractivity contribution in [3.05, 3.63) is 77.9 Å². The maximum atomic E-state index is 14.1. The smallest absolute Gasteiger partial charge is 0.263 e. The first-order valence-electron chi connectivity index (χ1n) is 8.19. The molecule has 0 aliphatic carbocycles. The Morgan fingerprint density at radius 3 is 2.60 bits per heavy atom. The molecule has 2 aromatic carbocycles. The zero-order valence-corrected chi connectivity index (χ0v) is 13.7. The van der Waals surface area contributed by atoms with Gasteiger partial charge in [-0.15, -0.1) is 0 Å². The molecule has 2 heterocycles. The number of anilines is 1. The fraction of sp³-hybridized carbons (Fsp3) is 0.211. The topological polar surface area (TPSA) is 51.0 Å². The third kappa shape index (κ3) is 2.59. The van der Waals surface area contributed by atoms with Gasteiger partial charge < -0.3 is 0 Å². The summed E-state index contributed by atoms with van der Waals surface area (Å²) >= 11 is 0. The summed E-state index contributed by atoms with van der Waals surface area (Å²) < 4.78 is 15.8. The molecule has 2 atom stereocenters. The van der Waals surface area contributed by atoms with Crippen molar-refractivity contribution in [2.45, 2.75) is 25.4 Å². The number of benzene rings is 2. The largest absolute Gasteiger partial charge is 0.274 e. The Labute approximate surface area is 144 Å². The van der Waals surface area contributed by atoms with Gasteiger partial charge in [0, 0.05) is 6.04 Å². The first kappa shape index (κ1) is 15.5. The molecule has 1 aliphatic heterocycles. The SMILES string of the molecule is CC1CC(c2ccccc2)n2ncnc2N1C(=O)c1ccccc1F. The highest BCUT2D eigenvalue weighted by molar-refractivity contribution is 6.05. The van der Waals surface area contributed by atoms with E-state index < -0.39 is 11.7 Å². The van der Waals surface area contributed by atoms with Crippen molar-refractivity contribution in [3.63, 3.8) is 0 Å². The van der Waals surface area contributed by atoms with E-state index in [0.29, 0.717) is 12.4 Å². The molecule has 0 saturated heterocycles. The van der Waals surface area contributed by atoms with Crippen LogP contribution in [0.2, 0.25) is 0 Å². The normalized spacial score (nSPS) is 19.5. The van der Waals surface area contributed by atoms with Crippen molar-refractivity contribution < 1.29 is 9.18 Å². The lowest BCUT2D eigenvalue weighted by Crippen LogP contribution is -2.46. The second-order valence-electron chi connectivity index (χ2n) is 6.17. The van der Waals surface area contributed by atoms with E-state index in [-0.39, 0.29) is 17.6 Å². The maximum absolute atomic E-state index is 14.1. The molecule has 3 aromatic rings. The highest BCUT2D eigenvalue weighted by Crippen LogP contribution is 2.35. The van der Waals surface area contributed by atoms with Crippen LogP contribution in [0, 0.1) is 5.82 Å². The summed E-state index contributed by atoms with van der Waals surface area (Å²) in [5, 5.41) is 4.32. The second kappa shape index (κ2) is 6.12. The fourth-order valence-electron chi connectivity index (χ4n) is 3.37. The van der Waals surface area contributed by atoms with Crippen LogP contribution in [0.1, 0.15) is 35.3 Å². The number of aromatic nitrogens is 3. The molecule has 0 bridgehead atoms. The van der Waals surface area contributed by atoms with Gasteiger partial charge in [-0.05, 0) is 31.0 Å². The number of carbonyl (C=O) groups is 1. The van der Waals surface area contributed by atoms with Crippen LogP contribution in [0.15, 0.2) is 60.9 Å². The number of hydrogen-bond acceptors (Lipinski definition) is 3. The van der Waals surface area contributed by atoms with Gasteiger partial charge in [-0.2, -0.15) is 10.1 Å². The zero-order chi connectivity index (χ0) is 17.4. The molecule has 0 saturated carbocycles. The minimum absolute atomic E-state index is 0.00151. The number of fused-ring (bicyclic) bond motifs is 1. The Morgan fingerprint density at radius 1 is 1.12 bits per heavy atom. The monoisotopic (exact) mass is 336 g/mol. The van der Waals surface area contributed by atoms with Crippen LogP contribution in [-0.2, 0) is 0 Å². The van der Waals surface area contributed by atoms with Gasteiger partial charge in [-0.1, -0.05) is 42.5 Å². The van der Waals surface area contributed by atoms with Gasteiger partial charge in [0.1, 0.15) is 12.1 Å². The summed E-state index contributed by atoms with van der Waals surface area (Å²) in [7, 11) is 0. The average Bonchev–Trinajstić information content (AvgIpc) is 3.11. The van der Waals surface area contributed by atoms with Crippen molar-refractivity contribution in [2.75, 3.05) is 4.90 Å². The molecule has 126 valence electrons. The number of rotatable bonds is 2. The molecule has 2 unspecified atom stereocenters. The van der Waals surface area contributed by atoms with Gasteiger partial charge in [-0.25, -0.2) is 9.07 Å². The quantitative estimate of drug-likeness (QED) is 0.720. The highest BCUT2D eigenvalue weighted by Gasteiger charge is 2.37. The minimum atomic E-state index is -0.532. The van der Waals surface area contributed by atoms with Crippen LogP contribution in [0.3, 0.4) is 0 Å². The maximum Gasteiger partial charge on any atom is 0.263 e. The first-order chi connectivity index (χ1) is 12.2. The third-order valence-electron chi connectivity index (χ3n) is 4.58. The van der Waals surface area contributed by atoms with Gasteiger partial charge in [-0.3, -0.25) is 9.69 Å². The van der Waals surface area contributed by atoms with Crippen LogP contribution in [-0.4, -0.2) is 26.7 Å². The molecule has 0 N–H and O–H groups in total. The van der Waals surface area contributed by atoms with Crippen molar-refractivity contribution >= 4 is 11.9 Å². The summed E-state index contributed by atoms with van der Waals surface area (Å²) in [4.78, 5) is 18.7. The van der Waals surface area contributed by atoms with Crippen LogP contribution in [0.4, 0.5) is 10.3 Å². The number of amides is 1. The summed E-state index contributed by atoms with van der Waals surface area (Å²) in [6.07, 6.45) is 2.12. The minimum Gasteiger partial charge on any atom is -0.274 e. The molecule has 0 fully saturated rings. The van der Waals surface area contributed by atoms with E-state index >= 15 is 0 Å². The predicted octanol–water partition coefficient (Wildman–Crippen LogP) is 3.45. The molecule has 1 aromatic heterocycles. The first-order valence-corrected chi connectivity index (χ1v) is 8.19. The van der Waals surface area contributed by atoms with Crippen molar-refractivity contribution in [1.29, 1.82) is 0 Å². The molecule has 1 amide bonds. The lowest BCUT2D eigenvalue weighted by molar-refractivity contribution is 0.0962. The van der Waals surface area contributed by atoms with Gasteiger partial charge >= 0.3 is 0 Å². The molecular weight excluding hydrogens is 319 g/mol. The van der Waals surface area contributed by atoms with Crippen LogP contribution >= 0.6 is 0 Å². The average molecular weight is 336 g/mol. The molecule has 5 nitrogen and oxygen atoms in total. The van der Waals surface area contributed by atoms with Crippen molar-refractivity contribution in [1.82, 2.24) is 14.8 Å². The molecule has 1 aliphatic rings. The van der Waals surface area contributed by atoms with E-state index in [1.54, 1.807) is 16.8 Å². The summed E-state index contributed by atoms with van der Waals surface area (Å²) in [5.74, 6) is -0.483. The van der Waals surface area contributed by atoms with Gasteiger partial charge in [0.2, 0.25) is 5.95 Å². The molecule has 6 heteroatoms.